The van der Waals surface area contributed by atoms with Crippen LogP contribution < -0.4 is 10.1 Å². The highest BCUT2D eigenvalue weighted by Gasteiger charge is 2.32. The molecule has 0 aliphatic carbocycles. The lowest BCUT2D eigenvalue weighted by Gasteiger charge is -2.44. The molecular weight excluding hydrogens is 356 g/mol. The number of amides is 1. The molecule has 0 radical (unpaired) electrons. The van der Waals surface area contributed by atoms with Gasteiger partial charge in [0.05, 0.1) is 7.11 Å². The fraction of sp³-hybridized carbons (Fsp3) is 0.700. The molecule has 0 saturated carbocycles. The van der Waals surface area contributed by atoms with Gasteiger partial charge in [0.1, 0.15) is 0 Å². The predicted octanol–water partition coefficient (Wildman–Crippen LogP) is 1.84. The number of piperidine rings is 2. The molecule has 0 spiro atoms. The first-order chi connectivity index (χ1) is 13.7. The van der Waals surface area contributed by atoms with Crippen molar-refractivity contribution in [2.24, 2.45) is 5.92 Å². The van der Waals surface area contributed by atoms with Crippen molar-refractivity contribution in [1.29, 1.82) is 0 Å². The molecule has 0 unspecified atom stereocenters. The van der Waals surface area contributed by atoms with Crippen LogP contribution in [-0.4, -0.2) is 63.4 Å². The highest BCUT2D eigenvalue weighted by Crippen LogP contribution is 2.30. The van der Waals surface area contributed by atoms with Crippen molar-refractivity contribution >= 4 is 11.6 Å². The summed E-state index contributed by atoms with van der Waals surface area (Å²) in [5.74, 6) is 2.02. The Balaban J connectivity index is 1.24. The zero-order valence-electron chi connectivity index (χ0n) is 16.6. The van der Waals surface area contributed by atoms with Gasteiger partial charge in [-0.05, 0) is 57.2 Å². The van der Waals surface area contributed by atoms with Crippen LogP contribution in [0.1, 0.15) is 50.8 Å². The lowest BCUT2D eigenvalue weighted by atomic mass is 9.83. The summed E-state index contributed by atoms with van der Waals surface area (Å²) in [6.07, 6.45) is 8.33. The van der Waals surface area contributed by atoms with Crippen molar-refractivity contribution in [2.75, 3.05) is 26.7 Å². The molecule has 4 rings (SSSR count). The maximum absolute atomic E-state index is 12.3. The summed E-state index contributed by atoms with van der Waals surface area (Å²) >= 11 is 0. The van der Waals surface area contributed by atoms with Gasteiger partial charge in [-0.2, -0.15) is 4.52 Å². The van der Waals surface area contributed by atoms with E-state index in [0.29, 0.717) is 36.3 Å². The maximum Gasteiger partial charge on any atom is 0.231 e. The minimum Gasteiger partial charge on any atom is -0.480 e. The molecule has 1 N–H and O–H groups in total. The Hall–Kier alpha value is -2.22. The molecule has 8 nitrogen and oxygen atoms in total. The number of methoxy groups -OCH3 is 1. The topological polar surface area (TPSA) is 84.6 Å². The first-order valence-corrected chi connectivity index (χ1v) is 10.5. The van der Waals surface area contributed by atoms with E-state index in [-0.39, 0.29) is 5.91 Å². The van der Waals surface area contributed by atoms with E-state index < -0.39 is 0 Å². The van der Waals surface area contributed by atoms with Crippen molar-refractivity contribution in [1.82, 2.24) is 30.0 Å². The predicted molar refractivity (Wildman–Crippen MR) is 105 cm³/mol. The molecule has 0 bridgehead atoms. The number of ether oxygens (including phenoxy) is 1. The van der Waals surface area contributed by atoms with E-state index in [2.05, 4.69) is 25.5 Å². The van der Waals surface area contributed by atoms with Crippen molar-refractivity contribution in [3.8, 4) is 5.88 Å². The summed E-state index contributed by atoms with van der Waals surface area (Å²) in [6, 6.07) is 4.26. The number of carbonyl (C=O) groups is 1. The van der Waals surface area contributed by atoms with E-state index in [1.807, 2.05) is 6.07 Å². The number of rotatable bonds is 7. The van der Waals surface area contributed by atoms with Gasteiger partial charge in [-0.3, -0.25) is 4.79 Å². The highest BCUT2D eigenvalue weighted by molar-refractivity contribution is 5.75. The molecule has 152 valence electrons. The van der Waals surface area contributed by atoms with Gasteiger partial charge in [0.2, 0.25) is 11.8 Å². The van der Waals surface area contributed by atoms with Crippen LogP contribution in [-0.2, 0) is 11.2 Å². The molecule has 0 aromatic carbocycles. The van der Waals surface area contributed by atoms with Gasteiger partial charge in [-0.15, -0.1) is 15.3 Å². The lowest BCUT2D eigenvalue weighted by molar-refractivity contribution is -0.121. The minimum atomic E-state index is 0.132. The number of aryl methyl sites for hydroxylation is 1. The Morgan fingerprint density at radius 2 is 2.11 bits per heavy atom. The fourth-order valence-electron chi connectivity index (χ4n) is 4.64. The van der Waals surface area contributed by atoms with Gasteiger partial charge in [0, 0.05) is 31.5 Å². The number of fused-ring (bicyclic) bond motifs is 2. The molecule has 2 aliphatic heterocycles. The van der Waals surface area contributed by atoms with Crippen LogP contribution >= 0.6 is 0 Å². The lowest BCUT2D eigenvalue weighted by Crippen LogP contribution is -2.50. The molecule has 28 heavy (non-hydrogen) atoms. The Labute approximate surface area is 165 Å². The second kappa shape index (κ2) is 8.86. The third kappa shape index (κ3) is 4.27. The van der Waals surface area contributed by atoms with E-state index >= 15 is 0 Å². The summed E-state index contributed by atoms with van der Waals surface area (Å²) in [5, 5.41) is 15.8. The summed E-state index contributed by atoms with van der Waals surface area (Å²) in [4.78, 5) is 15.0. The van der Waals surface area contributed by atoms with Crippen molar-refractivity contribution < 1.29 is 9.53 Å². The van der Waals surface area contributed by atoms with E-state index in [9.17, 15) is 4.79 Å². The molecule has 2 aliphatic rings. The number of hydrogen-bond acceptors (Lipinski definition) is 6. The average molecular weight is 387 g/mol. The smallest absolute Gasteiger partial charge is 0.231 e. The first-order valence-electron chi connectivity index (χ1n) is 10.5. The number of nitrogens with one attached hydrogen (secondary N) is 1. The highest BCUT2D eigenvalue weighted by atomic mass is 16.5. The van der Waals surface area contributed by atoms with Gasteiger partial charge in [0.15, 0.2) is 11.5 Å². The van der Waals surface area contributed by atoms with E-state index in [1.54, 1.807) is 17.7 Å². The van der Waals surface area contributed by atoms with Crippen molar-refractivity contribution in [3.05, 3.63) is 18.0 Å². The number of carbonyl (C=O) groups excluding carboxylic acids is 1. The maximum atomic E-state index is 12.3. The van der Waals surface area contributed by atoms with Crippen LogP contribution in [0.2, 0.25) is 0 Å². The van der Waals surface area contributed by atoms with Crippen LogP contribution in [0.4, 0.5) is 0 Å². The summed E-state index contributed by atoms with van der Waals surface area (Å²) < 4.78 is 6.85. The van der Waals surface area contributed by atoms with Crippen LogP contribution in [0.25, 0.3) is 5.65 Å². The quantitative estimate of drug-likeness (QED) is 0.782. The number of aromatic nitrogens is 4. The zero-order valence-corrected chi connectivity index (χ0v) is 16.6. The summed E-state index contributed by atoms with van der Waals surface area (Å²) in [5.41, 5.74) is 0.689. The van der Waals surface area contributed by atoms with Crippen molar-refractivity contribution in [2.45, 2.75) is 57.4 Å². The zero-order chi connectivity index (χ0) is 19.3. The summed E-state index contributed by atoms with van der Waals surface area (Å²) in [7, 11) is 1.58. The van der Waals surface area contributed by atoms with E-state index in [1.165, 1.54) is 45.2 Å². The monoisotopic (exact) mass is 386 g/mol. The molecule has 8 heteroatoms. The Morgan fingerprint density at radius 1 is 1.21 bits per heavy atom. The van der Waals surface area contributed by atoms with Crippen molar-refractivity contribution in [3.63, 3.8) is 0 Å². The summed E-state index contributed by atoms with van der Waals surface area (Å²) in [6.45, 7) is 3.28. The Kier molecular flexibility index (Phi) is 6.04. The molecule has 2 fully saturated rings. The van der Waals surface area contributed by atoms with E-state index in [0.717, 1.165) is 18.8 Å². The Bertz CT molecular complexity index is 805. The van der Waals surface area contributed by atoms with Crippen LogP contribution in [0, 0.1) is 5.92 Å². The van der Waals surface area contributed by atoms with E-state index in [4.69, 9.17) is 4.74 Å². The number of hydrogen-bond donors (Lipinski definition) is 1. The molecule has 1 amide bonds. The van der Waals surface area contributed by atoms with Crippen LogP contribution in [0.3, 0.4) is 0 Å². The molecule has 2 atom stereocenters. The Morgan fingerprint density at radius 3 is 3.00 bits per heavy atom. The first kappa shape index (κ1) is 19.1. The largest absolute Gasteiger partial charge is 0.480 e. The van der Waals surface area contributed by atoms with Gasteiger partial charge >= 0.3 is 0 Å². The second-order valence-electron chi connectivity index (χ2n) is 7.92. The van der Waals surface area contributed by atoms with Gasteiger partial charge in [-0.1, -0.05) is 6.42 Å². The van der Waals surface area contributed by atoms with Gasteiger partial charge < -0.3 is 15.0 Å². The van der Waals surface area contributed by atoms with Crippen LogP contribution in [0.5, 0.6) is 5.88 Å². The molecule has 4 heterocycles. The van der Waals surface area contributed by atoms with Crippen LogP contribution in [0.15, 0.2) is 12.1 Å². The molecule has 2 saturated heterocycles. The minimum absolute atomic E-state index is 0.132. The van der Waals surface area contributed by atoms with Gasteiger partial charge in [-0.25, -0.2) is 0 Å². The fourth-order valence-corrected chi connectivity index (χ4v) is 4.64. The average Bonchev–Trinajstić information content (AvgIpc) is 3.14. The molecule has 2 aromatic heterocycles. The number of nitrogens with zero attached hydrogens (tertiary/aromatic N) is 5. The second-order valence-corrected chi connectivity index (χ2v) is 7.92. The standard InChI is InChI=1S/C20H30N6O2/c1-28-20-11-10-18-23-22-17(26(18)24-20)8-4-9-19(27)21-14-15-6-5-13-25-12-3-2-7-16(15)25/h10-11,15-16H,2-9,12-14H2,1H3,(H,21,27)/t15-,16+/m0/s1. The normalized spacial score (nSPS) is 22.8. The third-order valence-electron chi connectivity index (χ3n) is 6.11. The molecular formula is C20H30N6O2. The SMILES string of the molecule is COc1ccc2nnc(CCCC(=O)NC[C@@H]3CCCN4CCCC[C@H]34)n2n1. The molecule has 2 aromatic rings. The third-order valence-corrected chi connectivity index (χ3v) is 6.11. The van der Waals surface area contributed by atoms with Gasteiger partial charge in [0.25, 0.3) is 0 Å².